The van der Waals surface area contributed by atoms with Crippen LogP contribution in [0.25, 0.3) is 0 Å². The summed E-state index contributed by atoms with van der Waals surface area (Å²) in [6, 6.07) is 0. The third kappa shape index (κ3) is 4.47. The first kappa shape index (κ1) is 10.1. The van der Waals surface area contributed by atoms with Gasteiger partial charge in [-0.15, -0.1) is 5.10 Å². The highest BCUT2D eigenvalue weighted by atomic mass is 19.1. The van der Waals surface area contributed by atoms with E-state index in [0.29, 0.717) is 0 Å². The maximum absolute atomic E-state index is 12.3. The molecule has 0 heterocycles. The van der Waals surface area contributed by atoms with E-state index in [9.17, 15) is 4.39 Å². The van der Waals surface area contributed by atoms with E-state index in [1.165, 1.54) is 0 Å². The molecule has 0 unspecified atom stereocenters. The van der Waals surface area contributed by atoms with Gasteiger partial charge in [0.15, 0.2) is 0 Å². The molecule has 0 atom stereocenters. The normalized spacial score (nSPS) is 11.9. The summed E-state index contributed by atoms with van der Waals surface area (Å²) in [5.74, 6) is -0.188. The van der Waals surface area contributed by atoms with Crippen molar-refractivity contribution in [1.29, 1.82) is 5.41 Å². The van der Waals surface area contributed by atoms with Gasteiger partial charge >= 0.3 is 0 Å². The highest BCUT2D eigenvalue weighted by Crippen LogP contribution is 1.91. The Bertz CT molecular complexity index is 163. The fourth-order valence-corrected chi connectivity index (χ4v) is 0.329. The first-order valence-corrected chi connectivity index (χ1v) is 3.64. The molecule has 0 aromatic heterocycles. The lowest BCUT2D eigenvalue weighted by Crippen LogP contribution is -2.22. The third-order valence-electron chi connectivity index (χ3n) is 1.17. The van der Waals surface area contributed by atoms with Gasteiger partial charge in [0.05, 0.1) is 0 Å². The molecule has 0 saturated heterocycles. The van der Waals surface area contributed by atoms with Crippen molar-refractivity contribution in [1.82, 2.24) is 5.43 Å². The predicted molar refractivity (Wildman–Crippen MR) is 44.5 cm³/mol. The molecule has 0 spiro atoms. The van der Waals surface area contributed by atoms with Crippen molar-refractivity contribution in [2.75, 3.05) is 0 Å². The van der Waals surface area contributed by atoms with Crippen molar-refractivity contribution >= 4 is 11.8 Å². The molecule has 0 aliphatic heterocycles. The Labute approximate surface area is 66.2 Å². The molecule has 0 saturated carbocycles. The highest BCUT2D eigenvalue weighted by molar-refractivity contribution is 5.83. The van der Waals surface area contributed by atoms with Crippen LogP contribution in [0.1, 0.15) is 27.2 Å². The van der Waals surface area contributed by atoms with Crippen molar-refractivity contribution in [2.45, 2.75) is 27.2 Å². The summed E-state index contributed by atoms with van der Waals surface area (Å²) in [4.78, 5) is 0. The lowest BCUT2D eigenvalue weighted by atomic mass is 10.2. The number of nitrogens with one attached hydrogen (secondary N) is 2. The fraction of sp³-hybridized carbons (Fsp3) is 0.714. The molecule has 0 radical (unpaired) electrons. The Morgan fingerprint density at radius 2 is 2.18 bits per heavy atom. The Hall–Kier alpha value is -0.930. The van der Waals surface area contributed by atoms with Crippen LogP contribution >= 0.6 is 0 Å². The monoisotopic (exact) mass is 159 g/mol. The number of amidine groups is 1. The van der Waals surface area contributed by atoms with Crippen LogP contribution in [0.2, 0.25) is 0 Å². The maximum Gasteiger partial charge on any atom is 0.207 e. The number of halogens is 1. The average Bonchev–Trinajstić information content (AvgIpc) is 1.99. The first-order valence-electron chi connectivity index (χ1n) is 3.64. The lowest BCUT2D eigenvalue weighted by molar-refractivity contribution is 0.733. The van der Waals surface area contributed by atoms with Crippen LogP contribution in [0.4, 0.5) is 4.39 Å². The first-order chi connectivity index (χ1) is 5.07. The van der Waals surface area contributed by atoms with E-state index in [-0.39, 0.29) is 18.2 Å². The third-order valence-corrected chi connectivity index (χ3v) is 1.17. The van der Waals surface area contributed by atoms with Crippen molar-refractivity contribution in [3.8, 4) is 0 Å². The second-order valence-corrected chi connectivity index (χ2v) is 2.52. The zero-order valence-electron chi connectivity index (χ0n) is 7.11. The van der Waals surface area contributed by atoms with Gasteiger partial charge in [0, 0.05) is 12.3 Å². The Morgan fingerprint density at radius 3 is 2.55 bits per heavy atom. The molecule has 0 aromatic rings. The van der Waals surface area contributed by atoms with Crippen LogP contribution in [0.15, 0.2) is 5.10 Å². The minimum absolute atomic E-state index is 0.0587. The number of hydrogen-bond acceptors (Lipinski definition) is 2. The molecule has 2 N–H and O–H groups in total. The fourth-order valence-electron chi connectivity index (χ4n) is 0.329. The van der Waals surface area contributed by atoms with Gasteiger partial charge in [0.2, 0.25) is 5.97 Å². The zero-order valence-corrected chi connectivity index (χ0v) is 7.11. The van der Waals surface area contributed by atoms with Crippen LogP contribution < -0.4 is 5.43 Å². The summed E-state index contributed by atoms with van der Waals surface area (Å²) in [6.07, 6.45) is 0.262. The Morgan fingerprint density at radius 1 is 1.64 bits per heavy atom. The molecule has 0 aliphatic carbocycles. The topological polar surface area (TPSA) is 48.2 Å². The van der Waals surface area contributed by atoms with E-state index in [1.807, 2.05) is 13.8 Å². The van der Waals surface area contributed by atoms with Crippen LogP contribution in [0, 0.1) is 11.3 Å². The predicted octanol–water partition coefficient (Wildman–Crippen LogP) is 1.90. The van der Waals surface area contributed by atoms with Gasteiger partial charge in [0.1, 0.15) is 5.84 Å². The maximum atomic E-state index is 12.3. The van der Waals surface area contributed by atoms with E-state index in [4.69, 9.17) is 5.41 Å². The summed E-state index contributed by atoms with van der Waals surface area (Å²) in [7, 11) is 0. The quantitative estimate of drug-likeness (QED) is 0.369. The molecule has 11 heavy (non-hydrogen) atoms. The molecule has 0 amide bonds. The number of hydrazone groups is 1. The van der Waals surface area contributed by atoms with E-state index in [1.54, 1.807) is 6.92 Å². The van der Waals surface area contributed by atoms with Gasteiger partial charge in [-0.05, 0) is 0 Å². The molecule has 0 bridgehead atoms. The summed E-state index contributed by atoms with van der Waals surface area (Å²) in [6.45, 7) is 5.35. The second kappa shape index (κ2) is 4.82. The highest BCUT2D eigenvalue weighted by Gasteiger charge is 2.00. The van der Waals surface area contributed by atoms with Gasteiger partial charge < -0.3 is 0 Å². The second-order valence-electron chi connectivity index (χ2n) is 2.52. The van der Waals surface area contributed by atoms with Gasteiger partial charge in [-0.25, -0.2) is 0 Å². The minimum atomic E-state index is -0.476. The van der Waals surface area contributed by atoms with Crippen molar-refractivity contribution in [2.24, 2.45) is 11.0 Å². The molecule has 0 rings (SSSR count). The number of hydrogen-bond donors (Lipinski definition) is 2. The molecule has 64 valence electrons. The summed E-state index contributed by atoms with van der Waals surface area (Å²) < 4.78 is 12.3. The van der Waals surface area contributed by atoms with E-state index < -0.39 is 5.97 Å². The van der Waals surface area contributed by atoms with E-state index in [0.717, 1.165) is 0 Å². The van der Waals surface area contributed by atoms with Gasteiger partial charge in [-0.3, -0.25) is 10.8 Å². The summed E-state index contributed by atoms with van der Waals surface area (Å²) in [5.41, 5.74) is 2.33. The Balaban J connectivity index is 3.78. The molecule has 3 nitrogen and oxygen atoms in total. The smallest absolute Gasteiger partial charge is 0.207 e. The summed E-state index contributed by atoms with van der Waals surface area (Å²) >= 11 is 0. The van der Waals surface area contributed by atoms with E-state index >= 15 is 0 Å². The van der Waals surface area contributed by atoms with Crippen molar-refractivity contribution < 1.29 is 4.39 Å². The van der Waals surface area contributed by atoms with Gasteiger partial charge in [-0.1, -0.05) is 20.8 Å². The SMILES string of the molecule is CC/C(F)=N/NC(=N)C(C)C. The van der Waals surface area contributed by atoms with Crippen LogP contribution in [0.3, 0.4) is 0 Å². The zero-order chi connectivity index (χ0) is 8.85. The lowest BCUT2D eigenvalue weighted by Gasteiger charge is -2.04. The molecule has 4 heteroatoms. The largest absolute Gasteiger partial charge is 0.287 e. The Kier molecular flexibility index (Phi) is 4.41. The molecule has 0 aromatic carbocycles. The van der Waals surface area contributed by atoms with Crippen molar-refractivity contribution in [3.63, 3.8) is 0 Å². The molecule has 0 aliphatic rings. The minimum Gasteiger partial charge on any atom is -0.287 e. The van der Waals surface area contributed by atoms with Crippen molar-refractivity contribution in [3.05, 3.63) is 0 Å². The molecular formula is C7H14FN3. The van der Waals surface area contributed by atoms with Gasteiger partial charge in [-0.2, -0.15) is 4.39 Å². The van der Waals surface area contributed by atoms with Crippen LogP contribution in [0.5, 0.6) is 0 Å². The number of nitrogens with zero attached hydrogens (tertiary/aromatic N) is 1. The molecular weight excluding hydrogens is 145 g/mol. The summed E-state index contributed by atoms with van der Waals surface area (Å²) in [5, 5.41) is 10.6. The standard InChI is InChI=1S/C7H14FN3/c1-4-6(8)10-11-7(9)5(2)3/h5H,4H2,1-3H3,(H2,9,11)/b10-6-. The average molecular weight is 159 g/mol. The van der Waals surface area contributed by atoms with E-state index in [2.05, 4.69) is 10.5 Å². The number of rotatable bonds is 3. The van der Waals surface area contributed by atoms with Crippen LogP contribution in [-0.2, 0) is 0 Å². The van der Waals surface area contributed by atoms with Crippen LogP contribution in [-0.4, -0.2) is 11.8 Å². The van der Waals surface area contributed by atoms with Gasteiger partial charge in [0.25, 0.3) is 0 Å². The molecule has 0 fully saturated rings.